The first-order valence-electron chi connectivity index (χ1n) is 7.49. The highest BCUT2D eigenvalue weighted by atomic mass is 32.1. The first-order valence-corrected chi connectivity index (χ1v) is 8.72. The third-order valence-electron chi connectivity index (χ3n) is 3.80. The van der Waals surface area contributed by atoms with Crippen LogP contribution in [0.1, 0.15) is 22.3 Å². The maximum Gasteiger partial charge on any atom is 0.190 e. The van der Waals surface area contributed by atoms with Crippen molar-refractivity contribution in [2.45, 2.75) is 27.3 Å². The highest BCUT2D eigenvalue weighted by Crippen LogP contribution is 2.28. The molecule has 5 heteroatoms. The summed E-state index contributed by atoms with van der Waals surface area (Å²) in [7, 11) is 0. The van der Waals surface area contributed by atoms with Crippen LogP contribution >= 0.6 is 23.6 Å². The summed E-state index contributed by atoms with van der Waals surface area (Å²) in [5, 5.41) is 7.82. The largest absolute Gasteiger partial charge is 0.358 e. The number of hydrogen-bond acceptors (Lipinski definition) is 3. The first-order chi connectivity index (χ1) is 11.0. The van der Waals surface area contributed by atoms with E-state index >= 15 is 0 Å². The van der Waals surface area contributed by atoms with Crippen molar-refractivity contribution in [1.82, 2.24) is 10.3 Å². The molecule has 0 amide bonds. The lowest BCUT2D eigenvalue weighted by molar-refractivity contribution is 0.925. The smallest absolute Gasteiger partial charge is 0.190 e. The Balaban J connectivity index is 1.64. The molecular formula is C18H19N3S2. The van der Waals surface area contributed by atoms with E-state index in [4.69, 9.17) is 12.2 Å². The summed E-state index contributed by atoms with van der Waals surface area (Å²) in [6, 6.07) is 12.7. The second kappa shape index (κ2) is 6.64. The van der Waals surface area contributed by atoms with E-state index in [9.17, 15) is 0 Å². The number of benzene rings is 2. The van der Waals surface area contributed by atoms with Gasteiger partial charge in [-0.25, -0.2) is 4.98 Å². The van der Waals surface area contributed by atoms with Crippen LogP contribution in [0.3, 0.4) is 0 Å². The number of nitrogens with zero attached hydrogens (tertiary/aromatic N) is 1. The monoisotopic (exact) mass is 341 g/mol. The summed E-state index contributed by atoms with van der Waals surface area (Å²) in [6.45, 7) is 7.01. The Morgan fingerprint density at radius 1 is 1.09 bits per heavy atom. The van der Waals surface area contributed by atoms with Gasteiger partial charge in [0.1, 0.15) is 0 Å². The number of thiazole rings is 1. The van der Waals surface area contributed by atoms with Crippen LogP contribution in [-0.4, -0.2) is 10.1 Å². The van der Waals surface area contributed by atoms with Gasteiger partial charge in [-0.3, -0.25) is 0 Å². The summed E-state index contributed by atoms with van der Waals surface area (Å²) in [5.41, 5.74) is 6.02. The third kappa shape index (κ3) is 3.86. The number of thiocarbonyl (C=S) groups is 1. The lowest BCUT2D eigenvalue weighted by Crippen LogP contribution is -2.27. The minimum atomic E-state index is 0.595. The van der Waals surface area contributed by atoms with E-state index in [0.29, 0.717) is 11.7 Å². The molecule has 118 valence electrons. The zero-order valence-electron chi connectivity index (χ0n) is 13.4. The van der Waals surface area contributed by atoms with Gasteiger partial charge in [0.2, 0.25) is 0 Å². The number of nitrogens with one attached hydrogen (secondary N) is 2. The van der Waals surface area contributed by atoms with E-state index in [1.807, 2.05) is 0 Å². The van der Waals surface area contributed by atoms with E-state index < -0.39 is 0 Å². The van der Waals surface area contributed by atoms with Crippen LogP contribution in [0.15, 0.2) is 36.4 Å². The van der Waals surface area contributed by atoms with Crippen molar-refractivity contribution in [3.05, 3.63) is 58.7 Å². The van der Waals surface area contributed by atoms with Gasteiger partial charge in [-0.1, -0.05) is 41.2 Å². The lowest BCUT2D eigenvalue weighted by Gasteiger charge is -2.08. The number of anilines is 1. The van der Waals surface area contributed by atoms with Crippen molar-refractivity contribution in [3.63, 3.8) is 0 Å². The van der Waals surface area contributed by atoms with Gasteiger partial charge >= 0.3 is 0 Å². The summed E-state index contributed by atoms with van der Waals surface area (Å²) >= 11 is 6.98. The minimum absolute atomic E-state index is 0.595. The molecule has 0 saturated heterocycles. The van der Waals surface area contributed by atoms with Crippen molar-refractivity contribution >= 4 is 44.0 Å². The summed E-state index contributed by atoms with van der Waals surface area (Å²) < 4.78 is 1.18. The second-order valence-electron chi connectivity index (χ2n) is 5.72. The second-order valence-corrected chi connectivity index (χ2v) is 7.16. The summed E-state index contributed by atoms with van der Waals surface area (Å²) in [6.07, 6.45) is 0. The maximum absolute atomic E-state index is 5.36. The standard InChI is InChI=1S/C18H19N3S2/c1-11-4-6-14(7-5-11)10-19-17(22)21-18-20-15-8-12(2)13(3)9-16(15)23-18/h4-9H,10H2,1-3H3,(H2,19,20,21,22). The topological polar surface area (TPSA) is 37.0 Å². The minimum Gasteiger partial charge on any atom is -0.358 e. The van der Waals surface area contributed by atoms with Gasteiger partial charge in [-0.2, -0.15) is 0 Å². The van der Waals surface area contributed by atoms with E-state index in [1.54, 1.807) is 11.3 Å². The van der Waals surface area contributed by atoms with Crippen LogP contribution in [0.25, 0.3) is 10.2 Å². The molecule has 1 heterocycles. The quantitative estimate of drug-likeness (QED) is 0.677. The first kappa shape index (κ1) is 15.9. The number of hydrogen-bond donors (Lipinski definition) is 2. The Morgan fingerprint density at radius 2 is 1.78 bits per heavy atom. The molecule has 0 fully saturated rings. The molecule has 0 saturated carbocycles. The predicted molar refractivity (Wildman–Crippen MR) is 103 cm³/mol. The average Bonchev–Trinajstić information content (AvgIpc) is 2.88. The Kier molecular flexibility index (Phi) is 4.59. The van der Waals surface area contributed by atoms with Crippen LogP contribution in [0.2, 0.25) is 0 Å². The molecule has 3 rings (SSSR count). The van der Waals surface area contributed by atoms with Gasteiger partial charge in [-0.05, 0) is 61.8 Å². The SMILES string of the molecule is Cc1ccc(CNC(=S)Nc2nc3cc(C)c(C)cc3s2)cc1. The van der Waals surface area contributed by atoms with Crippen molar-refractivity contribution in [3.8, 4) is 0 Å². The maximum atomic E-state index is 5.36. The Bertz CT molecular complexity index is 812. The van der Waals surface area contributed by atoms with E-state index in [0.717, 1.165) is 10.6 Å². The van der Waals surface area contributed by atoms with Crippen LogP contribution in [0, 0.1) is 20.8 Å². The molecule has 0 atom stereocenters. The number of fused-ring (bicyclic) bond motifs is 1. The van der Waals surface area contributed by atoms with E-state index in [1.165, 1.54) is 27.0 Å². The summed E-state index contributed by atoms with van der Waals surface area (Å²) in [4.78, 5) is 4.60. The molecule has 2 aromatic carbocycles. The summed E-state index contributed by atoms with van der Waals surface area (Å²) in [5.74, 6) is 0. The molecule has 3 nitrogen and oxygen atoms in total. The Labute approximate surface area is 145 Å². The number of aromatic nitrogens is 1. The molecule has 0 bridgehead atoms. The number of rotatable bonds is 3. The van der Waals surface area contributed by atoms with Gasteiger partial charge in [0.05, 0.1) is 10.2 Å². The van der Waals surface area contributed by atoms with Crippen LogP contribution in [0.4, 0.5) is 5.13 Å². The highest BCUT2D eigenvalue weighted by molar-refractivity contribution is 7.80. The van der Waals surface area contributed by atoms with Crippen LogP contribution in [0.5, 0.6) is 0 Å². The fourth-order valence-corrected chi connectivity index (χ4v) is 3.45. The molecule has 0 radical (unpaired) electrons. The van der Waals surface area contributed by atoms with Crippen molar-refractivity contribution in [2.75, 3.05) is 5.32 Å². The molecule has 0 aliphatic heterocycles. The van der Waals surface area contributed by atoms with Gasteiger partial charge in [-0.15, -0.1) is 0 Å². The zero-order chi connectivity index (χ0) is 16.4. The highest BCUT2D eigenvalue weighted by Gasteiger charge is 2.07. The average molecular weight is 342 g/mol. The van der Waals surface area contributed by atoms with Crippen molar-refractivity contribution in [2.24, 2.45) is 0 Å². The third-order valence-corrected chi connectivity index (χ3v) is 4.98. The molecule has 0 unspecified atom stereocenters. The van der Waals surface area contributed by atoms with E-state index in [2.05, 4.69) is 72.8 Å². The van der Waals surface area contributed by atoms with Crippen LogP contribution < -0.4 is 10.6 Å². The molecular weight excluding hydrogens is 322 g/mol. The fraction of sp³-hybridized carbons (Fsp3) is 0.222. The predicted octanol–water partition coefficient (Wildman–Crippen LogP) is 4.71. The molecule has 0 aliphatic rings. The van der Waals surface area contributed by atoms with Gasteiger partial charge in [0.15, 0.2) is 10.2 Å². The molecule has 2 N–H and O–H groups in total. The normalized spacial score (nSPS) is 10.7. The lowest BCUT2D eigenvalue weighted by atomic mass is 10.1. The van der Waals surface area contributed by atoms with Crippen molar-refractivity contribution < 1.29 is 0 Å². The number of aryl methyl sites for hydroxylation is 3. The Morgan fingerprint density at radius 3 is 2.52 bits per heavy atom. The molecule has 23 heavy (non-hydrogen) atoms. The van der Waals surface area contributed by atoms with Gasteiger partial charge in [0.25, 0.3) is 0 Å². The van der Waals surface area contributed by atoms with Gasteiger partial charge in [0, 0.05) is 6.54 Å². The van der Waals surface area contributed by atoms with Gasteiger partial charge < -0.3 is 10.6 Å². The molecule has 0 spiro atoms. The molecule has 0 aliphatic carbocycles. The van der Waals surface area contributed by atoms with Crippen LogP contribution in [-0.2, 0) is 6.54 Å². The van der Waals surface area contributed by atoms with E-state index in [-0.39, 0.29) is 0 Å². The molecule has 1 aromatic heterocycles. The van der Waals surface area contributed by atoms with Crippen molar-refractivity contribution in [1.29, 1.82) is 0 Å². The zero-order valence-corrected chi connectivity index (χ0v) is 15.1. The molecule has 3 aromatic rings. The Hall–Kier alpha value is -1.98. The fourth-order valence-electron chi connectivity index (χ4n) is 2.26.